The molecular weight excluding hydrogens is 306 g/mol. The number of rotatable bonds is 5. The predicted octanol–water partition coefficient (Wildman–Crippen LogP) is 3.50. The molecule has 2 N–H and O–H groups in total. The van der Waals surface area contributed by atoms with Crippen molar-refractivity contribution in [3.63, 3.8) is 0 Å². The van der Waals surface area contributed by atoms with Crippen molar-refractivity contribution in [1.82, 2.24) is 0 Å². The first-order chi connectivity index (χ1) is 9.22. The molecule has 0 amide bonds. The molecular formula is C15H16BrNO2. The molecule has 4 heteroatoms. The molecule has 19 heavy (non-hydrogen) atoms. The molecule has 0 heterocycles. The van der Waals surface area contributed by atoms with E-state index in [9.17, 15) is 0 Å². The third-order valence-electron chi connectivity index (χ3n) is 2.78. The van der Waals surface area contributed by atoms with Gasteiger partial charge in [0.25, 0.3) is 0 Å². The first-order valence-corrected chi connectivity index (χ1v) is 6.76. The largest absolute Gasteiger partial charge is 0.497 e. The number of hydrogen-bond donors (Lipinski definition) is 1. The SMILES string of the molecule is COc1cccc(COc2ccc(CN)c(Br)c2)c1. The highest BCUT2D eigenvalue weighted by atomic mass is 79.9. The molecule has 0 aliphatic heterocycles. The van der Waals surface area contributed by atoms with Gasteiger partial charge in [-0.3, -0.25) is 0 Å². The average molecular weight is 322 g/mol. The van der Waals surface area contributed by atoms with Crippen LogP contribution in [0.1, 0.15) is 11.1 Å². The average Bonchev–Trinajstić information content (AvgIpc) is 2.45. The lowest BCUT2D eigenvalue weighted by Crippen LogP contribution is -1.99. The highest BCUT2D eigenvalue weighted by molar-refractivity contribution is 9.10. The first-order valence-electron chi connectivity index (χ1n) is 5.97. The van der Waals surface area contributed by atoms with Gasteiger partial charge in [0.1, 0.15) is 18.1 Å². The van der Waals surface area contributed by atoms with Gasteiger partial charge in [-0.2, -0.15) is 0 Å². The number of methoxy groups -OCH3 is 1. The second-order valence-electron chi connectivity index (χ2n) is 4.10. The fraction of sp³-hybridized carbons (Fsp3) is 0.200. The Labute approximate surface area is 121 Å². The van der Waals surface area contributed by atoms with Gasteiger partial charge in [-0.15, -0.1) is 0 Å². The van der Waals surface area contributed by atoms with Crippen molar-refractivity contribution in [3.05, 3.63) is 58.1 Å². The lowest BCUT2D eigenvalue weighted by molar-refractivity contribution is 0.305. The van der Waals surface area contributed by atoms with Gasteiger partial charge in [0.2, 0.25) is 0 Å². The molecule has 0 radical (unpaired) electrons. The van der Waals surface area contributed by atoms with E-state index in [1.54, 1.807) is 7.11 Å². The minimum Gasteiger partial charge on any atom is -0.497 e. The van der Waals surface area contributed by atoms with Crippen molar-refractivity contribution in [1.29, 1.82) is 0 Å². The summed E-state index contributed by atoms with van der Waals surface area (Å²) >= 11 is 3.48. The highest BCUT2D eigenvalue weighted by Gasteiger charge is 2.02. The van der Waals surface area contributed by atoms with Crippen molar-refractivity contribution in [3.8, 4) is 11.5 Å². The molecule has 0 spiro atoms. The quantitative estimate of drug-likeness (QED) is 0.916. The first kappa shape index (κ1) is 13.9. The summed E-state index contributed by atoms with van der Waals surface area (Å²) in [4.78, 5) is 0. The van der Waals surface area contributed by atoms with E-state index in [0.29, 0.717) is 13.2 Å². The van der Waals surface area contributed by atoms with Gasteiger partial charge >= 0.3 is 0 Å². The summed E-state index contributed by atoms with van der Waals surface area (Å²) in [6.07, 6.45) is 0. The lowest BCUT2D eigenvalue weighted by Gasteiger charge is -2.09. The number of halogens is 1. The molecule has 0 aromatic heterocycles. The monoisotopic (exact) mass is 321 g/mol. The Bertz CT molecular complexity index is 558. The molecule has 3 nitrogen and oxygen atoms in total. The van der Waals surface area contributed by atoms with Crippen LogP contribution in [0.4, 0.5) is 0 Å². The van der Waals surface area contributed by atoms with E-state index in [1.807, 2.05) is 42.5 Å². The summed E-state index contributed by atoms with van der Waals surface area (Å²) in [5.74, 6) is 1.65. The highest BCUT2D eigenvalue weighted by Crippen LogP contribution is 2.23. The minimum absolute atomic E-state index is 0.506. The van der Waals surface area contributed by atoms with Crippen LogP contribution < -0.4 is 15.2 Å². The van der Waals surface area contributed by atoms with Crippen molar-refractivity contribution in [2.75, 3.05) is 7.11 Å². The molecule has 0 unspecified atom stereocenters. The van der Waals surface area contributed by atoms with E-state index < -0.39 is 0 Å². The van der Waals surface area contributed by atoms with Crippen LogP contribution in [0.2, 0.25) is 0 Å². The maximum absolute atomic E-state index is 5.75. The maximum atomic E-state index is 5.75. The Morgan fingerprint density at radius 2 is 1.95 bits per heavy atom. The number of benzene rings is 2. The van der Waals surface area contributed by atoms with E-state index in [2.05, 4.69) is 15.9 Å². The van der Waals surface area contributed by atoms with Gasteiger partial charge < -0.3 is 15.2 Å². The maximum Gasteiger partial charge on any atom is 0.120 e. The van der Waals surface area contributed by atoms with Crippen molar-refractivity contribution in [2.45, 2.75) is 13.2 Å². The molecule has 2 aromatic rings. The van der Waals surface area contributed by atoms with Crippen LogP contribution in [0.3, 0.4) is 0 Å². The Hall–Kier alpha value is -1.52. The van der Waals surface area contributed by atoms with Crippen LogP contribution in [-0.4, -0.2) is 7.11 Å². The molecule has 0 saturated carbocycles. The molecule has 100 valence electrons. The summed E-state index contributed by atoms with van der Waals surface area (Å²) in [5, 5.41) is 0. The van der Waals surface area contributed by atoms with E-state index >= 15 is 0 Å². The zero-order valence-electron chi connectivity index (χ0n) is 10.7. The van der Waals surface area contributed by atoms with Crippen molar-refractivity contribution in [2.24, 2.45) is 5.73 Å². The summed E-state index contributed by atoms with van der Waals surface area (Å²) in [6, 6.07) is 13.6. The standard InChI is InChI=1S/C15H16BrNO2/c1-18-13-4-2-3-11(7-13)10-19-14-6-5-12(9-17)15(16)8-14/h2-8H,9-10,17H2,1H3. The van der Waals surface area contributed by atoms with Crippen LogP contribution in [0, 0.1) is 0 Å². The van der Waals surface area contributed by atoms with Crippen LogP contribution in [0.5, 0.6) is 11.5 Å². The second kappa shape index (κ2) is 6.59. The lowest BCUT2D eigenvalue weighted by atomic mass is 10.2. The Morgan fingerprint density at radius 1 is 1.11 bits per heavy atom. The number of hydrogen-bond acceptors (Lipinski definition) is 3. The predicted molar refractivity (Wildman–Crippen MR) is 79.4 cm³/mol. The molecule has 0 atom stereocenters. The molecule has 0 fully saturated rings. The molecule has 0 saturated heterocycles. The van der Waals surface area contributed by atoms with Gasteiger partial charge in [0.05, 0.1) is 7.11 Å². The van der Waals surface area contributed by atoms with Crippen LogP contribution in [0.15, 0.2) is 46.9 Å². The minimum atomic E-state index is 0.506. The molecule has 0 aliphatic rings. The van der Waals surface area contributed by atoms with E-state index in [-0.39, 0.29) is 0 Å². The third kappa shape index (κ3) is 3.72. The Kier molecular flexibility index (Phi) is 4.82. The van der Waals surface area contributed by atoms with Gasteiger partial charge in [-0.1, -0.05) is 34.1 Å². The molecule has 2 rings (SSSR count). The summed E-state index contributed by atoms with van der Waals surface area (Å²) in [6.45, 7) is 1.02. The molecule has 2 aromatic carbocycles. The number of ether oxygens (including phenoxy) is 2. The van der Waals surface area contributed by atoms with Gasteiger partial charge in [-0.25, -0.2) is 0 Å². The Balaban J connectivity index is 2.03. The van der Waals surface area contributed by atoms with Gasteiger partial charge in [-0.05, 0) is 35.4 Å². The third-order valence-corrected chi connectivity index (χ3v) is 3.52. The zero-order chi connectivity index (χ0) is 13.7. The second-order valence-corrected chi connectivity index (χ2v) is 4.95. The molecule has 0 bridgehead atoms. The van der Waals surface area contributed by atoms with E-state index in [4.69, 9.17) is 15.2 Å². The topological polar surface area (TPSA) is 44.5 Å². The smallest absolute Gasteiger partial charge is 0.120 e. The van der Waals surface area contributed by atoms with Crippen LogP contribution in [-0.2, 0) is 13.2 Å². The molecule has 0 aliphatic carbocycles. The van der Waals surface area contributed by atoms with E-state index in [0.717, 1.165) is 27.1 Å². The summed E-state index contributed by atoms with van der Waals surface area (Å²) in [5.41, 5.74) is 7.74. The van der Waals surface area contributed by atoms with Crippen molar-refractivity contribution < 1.29 is 9.47 Å². The fourth-order valence-corrected chi connectivity index (χ4v) is 2.23. The fourth-order valence-electron chi connectivity index (χ4n) is 1.71. The van der Waals surface area contributed by atoms with E-state index in [1.165, 1.54) is 0 Å². The van der Waals surface area contributed by atoms with Gasteiger partial charge in [0, 0.05) is 11.0 Å². The zero-order valence-corrected chi connectivity index (χ0v) is 12.3. The Morgan fingerprint density at radius 3 is 2.63 bits per heavy atom. The summed E-state index contributed by atoms with van der Waals surface area (Å²) < 4.78 is 11.9. The van der Waals surface area contributed by atoms with Gasteiger partial charge in [0.15, 0.2) is 0 Å². The van der Waals surface area contributed by atoms with Crippen molar-refractivity contribution >= 4 is 15.9 Å². The summed E-state index contributed by atoms with van der Waals surface area (Å²) in [7, 11) is 1.66. The van der Waals surface area contributed by atoms with Crippen LogP contribution >= 0.6 is 15.9 Å². The van der Waals surface area contributed by atoms with Crippen LogP contribution in [0.25, 0.3) is 0 Å². The normalized spacial score (nSPS) is 10.3. The number of nitrogens with two attached hydrogens (primary N) is 1.